The average Bonchev–Trinajstić information content (AvgIpc) is 2.60. The predicted molar refractivity (Wildman–Crippen MR) is 90.6 cm³/mol. The van der Waals surface area contributed by atoms with Gasteiger partial charge in [-0.05, 0) is 17.7 Å². The van der Waals surface area contributed by atoms with E-state index in [0.29, 0.717) is 28.4 Å². The summed E-state index contributed by atoms with van der Waals surface area (Å²) in [6, 6.07) is 8.97. The summed E-state index contributed by atoms with van der Waals surface area (Å²) in [5.74, 6) is -0.823. The zero-order valence-corrected chi connectivity index (χ0v) is 13.8. The van der Waals surface area contributed by atoms with E-state index in [1.54, 1.807) is 18.2 Å². The largest absolute Gasteiger partial charge is 0.497 e. The molecule has 0 fully saturated rings. The van der Waals surface area contributed by atoms with Gasteiger partial charge in [-0.3, -0.25) is 9.59 Å². The first kappa shape index (κ1) is 16.8. The minimum atomic E-state index is -0.707. The lowest BCUT2D eigenvalue weighted by molar-refractivity contribution is -0.123. The average molecular weight is 344 g/mol. The highest BCUT2D eigenvalue weighted by Gasteiger charge is 2.31. The number of anilines is 2. The van der Waals surface area contributed by atoms with E-state index in [4.69, 9.17) is 9.47 Å². The summed E-state index contributed by atoms with van der Waals surface area (Å²) >= 11 is 0. The van der Waals surface area contributed by atoms with Crippen LogP contribution in [0.4, 0.5) is 15.8 Å². The van der Waals surface area contributed by atoms with Crippen molar-refractivity contribution in [2.75, 3.05) is 24.9 Å². The second-order valence-corrected chi connectivity index (χ2v) is 5.63. The van der Waals surface area contributed by atoms with Gasteiger partial charge in [0, 0.05) is 36.0 Å². The molecule has 0 saturated carbocycles. The molecule has 2 N–H and O–H groups in total. The monoisotopic (exact) mass is 344 g/mol. The van der Waals surface area contributed by atoms with Crippen molar-refractivity contribution in [1.29, 1.82) is 0 Å². The molecule has 2 aromatic rings. The van der Waals surface area contributed by atoms with Crippen molar-refractivity contribution in [2.45, 2.75) is 12.3 Å². The van der Waals surface area contributed by atoms with Crippen LogP contribution in [-0.2, 0) is 9.59 Å². The second-order valence-electron chi connectivity index (χ2n) is 5.63. The van der Waals surface area contributed by atoms with E-state index in [1.165, 1.54) is 32.4 Å². The molecule has 2 aromatic carbocycles. The molecular weight excluding hydrogens is 327 g/mol. The standard InChI is InChI=1S/C18H17FN2O4/c1-24-12-6-11(7-13(8-12)25-2)20-18(23)15-9-17(22)21-16-5-10(19)3-4-14(15)16/h3-8,15H,9H2,1-2H3,(H,20,23)(H,21,22)/t15-/m1/s1. The Balaban J connectivity index is 1.88. The fraction of sp³-hybridized carbons (Fsp3) is 0.222. The van der Waals surface area contributed by atoms with E-state index < -0.39 is 11.7 Å². The van der Waals surface area contributed by atoms with E-state index in [9.17, 15) is 14.0 Å². The Morgan fingerprint density at radius 1 is 1.16 bits per heavy atom. The van der Waals surface area contributed by atoms with Crippen molar-refractivity contribution in [2.24, 2.45) is 0 Å². The van der Waals surface area contributed by atoms with Gasteiger partial charge in [-0.2, -0.15) is 0 Å². The van der Waals surface area contributed by atoms with Gasteiger partial charge in [-0.1, -0.05) is 6.07 Å². The van der Waals surface area contributed by atoms with Crippen LogP contribution in [0.3, 0.4) is 0 Å². The van der Waals surface area contributed by atoms with Crippen molar-refractivity contribution in [3.05, 3.63) is 47.8 Å². The Labute approximate surface area is 143 Å². The molecule has 0 aliphatic carbocycles. The molecule has 130 valence electrons. The van der Waals surface area contributed by atoms with E-state index >= 15 is 0 Å². The summed E-state index contributed by atoms with van der Waals surface area (Å²) in [5, 5.41) is 5.35. The zero-order chi connectivity index (χ0) is 18.0. The van der Waals surface area contributed by atoms with Gasteiger partial charge in [0.1, 0.15) is 17.3 Å². The number of benzene rings is 2. The molecule has 2 amide bonds. The summed E-state index contributed by atoms with van der Waals surface area (Å²) in [6.07, 6.45) is -0.00836. The SMILES string of the molecule is COc1cc(NC(=O)[C@@H]2CC(=O)Nc3cc(F)ccc32)cc(OC)c1. The van der Waals surface area contributed by atoms with E-state index in [2.05, 4.69) is 10.6 Å². The molecule has 0 saturated heterocycles. The fourth-order valence-electron chi connectivity index (χ4n) is 2.78. The minimum absolute atomic E-state index is 0.00836. The molecule has 0 radical (unpaired) electrons. The summed E-state index contributed by atoms with van der Waals surface area (Å²) in [6.45, 7) is 0. The Morgan fingerprint density at radius 2 is 1.84 bits per heavy atom. The number of nitrogens with one attached hydrogen (secondary N) is 2. The number of hydrogen-bond acceptors (Lipinski definition) is 4. The highest BCUT2D eigenvalue weighted by atomic mass is 19.1. The van der Waals surface area contributed by atoms with E-state index in [1.807, 2.05) is 0 Å². The molecule has 0 unspecified atom stereocenters. The lowest BCUT2D eigenvalue weighted by atomic mass is 9.89. The van der Waals surface area contributed by atoms with Gasteiger partial charge in [0.05, 0.1) is 20.1 Å². The van der Waals surface area contributed by atoms with Crippen LogP contribution in [0.2, 0.25) is 0 Å². The quantitative estimate of drug-likeness (QED) is 0.894. The molecule has 0 spiro atoms. The molecule has 0 bridgehead atoms. The molecule has 1 aliphatic rings. The lowest BCUT2D eigenvalue weighted by Gasteiger charge is -2.25. The molecule has 3 rings (SSSR count). The van der Waals surface area contributed by atoms with Crippen molar-refractivity contribution in [1.82, 2.24) is 0 Å². The smallest absolute Gasteiger partial charge is 0.232 e. The Hall–Kier alpha value is -3.09. The number of carbonyl (C=O) groups excluding carboxylic acids is 2. The normalized spacial score (nSPS) is 15.8. The maximum atomic E-state index is 13.4. The number of rotatable bonds is 4. The molecule has 1 atom stereocenters. The summed E-state index contributed by atoms with van der Waals surface area (Å²) in [7, 11) is 3.02. The number of amides is 2. The molecule has 6 nitrogen and oxygen atoms in total. The van der Waals surface area contributed by atoms with Crippen LogP contribution in [0.15, 0.2) is 36.4 Å². The Morgan fingerprint density at radius 3 is 2.48 bits per heavy atom. The highest BCUT2D eigenvalue weighted by Crippen LogP contribution is 2.34. The van der Waals surface area contributed by atoms with Crippen molar-refractivity contribution in [3.8, 4) is 11.5 Å². The fourth-order valence-corrected chi connectivity index (χ4v) is 2.78. The van der Waals surface area contributed by atoms with Crippen LogP contribution in [0.1, 0.15) is 17.9 Å². The van der Waals surface area contributed by atoms with Gasteiger partial charge in [0.15, 0.2) is 0 Å². The van der Waals surface area contributed by atoms with Crippen molar-refractivity contribution in [3.63, 3.8) is 0 Å². The maximum absolute atomic E-state index is 13.4. The van der Waals surface area contributed by atoms with E-state index in [-0.39, 0.29) is 18.2 Å². The summed E-state index contributed by atoms with van der Waals surface area (Å²) in [4.78, 5) is 24.5. The third kappa shape index (κ3) is 3.55. The van der Waals surface area contributed by atoms with Gasteiger partial charge in [0.25, 0.3) is 0 Å². The van der Waals surface area contributed by atoms with Gasteiger partial charge in [-0.25, -0.2) is 4.39 Å². The zero-order valence-electron chi connectivity index (χ0n) is 13.8. The molecular formula is C18H17FN2O4. The summed E-state index contributed by atoms with van der Waals surface area (Å²) < 4.78 is 23.7. The van der Waals surface area contributed by atoms with Crippen LogP contribution in [0, 0.1) is 5.82 Å². The number of carbonyl (C=O) groups is 2. The van der Waals surface area contributed by atoms with Crippen LogP contribution in [-0.4, -0.2) is 26.0 Å². The van der Waals surface area contributed by atoms with Crippen LogP contribution >= 0.6 is 0 Å². The molecule has 1 heterocycles. The number of fused-ring (bicyclic) bond motifs is 1. The lowest BCUT2D eigenvalue weighted by Crippen LogP contribution is -2.30. The van der Waals surface area contributed by atoms with Crippen LogP contribution < -0.4 is 20.1 Å². The van der Waals surface area contributed by atoms with Gasteiger partial charge in [0.2, 0.25) is 11.8 Å². The summed E-state index contributed by atoms with van der Waals surface area (Å²) in [5.41, 5.74) is 1.38. The van der Waals surface area contributed by atoms with Gasteiger partial charge in [-0.15, -0.1) is 0 Å². The van der Waals surface area contributed by atoms with Crippen LogP contribution in [0.25, 0.3) is 0 Å². The predicted octanol–water partition coefficient (Wildman–Crippen LogP) is 2.91. The first-order valence-electron chi connectivity index (χ1n) is 7.63. The molecule has 1 aliphatic heterocycles. The van der Waals surface area contributed by atoms with Gasteiger partial charge >= 0.3 is 0 Å². The third-order valence-electron chi connectivity index (χ3n) is 3.99. The Kier molecular flexibility index (Phi) is 4.56. The van der Waals surface area contributed by atoms with Crippen LogP contribution in [0.5, 0.6) is 11.5 Å². The highest BCUT2D eigenvalue weighted by molar-refractivity contribution is 6.05. The van der Waals surface area contributed by atoms with E-state index in [0.717, 1.165) is 0 Å². The van der Waals surface area contributed by atoms with Crippen molar-refractivity contribution < 1.29 is 23.5 Å². The number of halogens is 1. The second kappa shape index (κ2) is 6.80. The number of ether oxygens (including phenoxy) is 2. The first-order valence-corrected chi connectivity index (χ1v) is 7.63. The number of hydrogen-bond donors (Lipinski definition) is 2. The first-order chi connectivity index (χ1) is 12.0. The van der Waals surface area contributed by atoms with Crippen molar-refractivity contribution >= 4 is 23.2 Å². The Bertz CT molecular complexity index is 816. The van der Waals surface area contributed by atoms with Gasteiger partial charge < -0.3 is 20.1 Å². The minimum Gasteiger partial charge on any atom is -0.497 e. The molecule has 25 heavy (non-hydrogen) atoms. The third-order valence-corrected chi connectivity index (χ3v) is 3.99. The molecule has 0 aromatic heterocycles. The molecule has 7 heteroatoms. The topological polar surface area (TPSA) is 76.7 Å². The number of methoxy groups -OCH3 is 2. The maximum Gasteiger partial charge on any atom is 0.232 e.